The van der Waals surface area contributed by atoms with Crippen LogP contribution in [-0.2, 0) is 25.7 Å². The van der Waals surface area contributed by atoms with Gasteiger partial charge >= 0.3 is 6.18 Å². The number of anilines is 1. The zero-order chi connectivity index (χ0) is 25.3. The average Bonchev–Trinajstić information content (AvgIpc) is 2.82. The van der Waals surface area contributed by atoms with Gasteiger partial charge in [-0.15, -0.1) is 4.73 Å². The third-order valence-electron chi connectivity index (χ3n) is 5.75. The zero-order valence-electron chi connectivity index (χ0n) is 18.9. The molecular formula is C24H22F4N4O3. The first-order valence-electron chi connectivity index (χ1n) is 10.7. The number of fused-ring (bicyclic) bond motifs is 1. The van der Waals surface area contributed by atoms with Crippen molar-refractivity contribution in [1.29, 1.82) is 0 Å². The van der Waals surface area contributed by atoms with Gasteiger partial charge < -0.3 is 15.1 Å². The van der Waals surface area contributed by atoms with Gasteiger partial charge in [0.25, 0.3) is 11.5 Å². The lowest BCUT2D eigenvalue weighted by Crippen LogP contribution is -2.42. The van der Waals surface area contributed by atoms with E-state index < -0.39 is 29.0 Å². The Bertz CT molecular complexity index is 1320. The number of amides is 1. The lowest BCUT2D eigenvalue weighted by molar-refractivity contribution is -0.137. The van der Waals surface area contributed by atoms with Crippen LogP contribution in [0.2, 0.25) is 0 Å². The summed E-state index contributed by atoms with van der Waals surface area (Å²) in [5.41, 5.74) is 0.580. The number of alkyl halides is 3. The van der Waals surface area contributed by atoms with Gasteiger partial charge in [-0.2, -0.15) is 13.2 Å². The summed E-state index contributed by atoms with van der Waals surface area (Å²) in [6, 6.07) is 8.95. The van der Waals surface area contributed by atoms with Crippen molar-refractivity contribution in [1.82, 2.24) is 14.6 Å². The van der Waals surface area contributed by atoms with Gasteiger partial charge in [0.15, 0.2) is 0 Å². The monoisotopic (exact) mass is 490 g/mol. The van der Waals surface area contributed by atoms with Crippen molar-refractivity contribution in [3.63, 3.8) is 0 Å². The molecule has 1 aliphatic rings. The third-order valence-corrected chi connectivity index (χ3v) is 5.75. The molecule has 3 aromatic rings. The minimum atomic E-state index is -4.43. The maximum absolute atomic E-state index is 14.3. The highest BCUT2D eigenvalue weighted by molar-refractivity contribution is 5.94. The number of hydrogen-bond acceptors (Lipinski definition) is 5. The SMILES string of the molecule is COn1c(NCc2ccc(C(F)(F)F)cc2)nc2c(c1=O)CN(C(=O)c1ccc(C)cc1F)CC2. The highest BCUT2D eigenvalue weighted by Crippen LogP contribution is 2.29. The second-order valence-corrected chi connectivity index (χ2v) is 8.15. The minimum absolute atomic E-state index is 0.0597. The Morgan fingerprint density at radius 1 is 1.17 bits per heavy atom. The molecule has 2 aromatic carbocycles. The molecule has 0 saturated heterocycles. The van der Waals surface area contributed by atoms with E-state index in [0.717, 1.165) is 16.9 Å². The van der Waals surface area contributed by atoms with Crippen molar-refractivity contribution >= 4 is 11.9 Å². The molecule has 184 valence electrons. The van der Waals surface area contributed by atoms with E-state index in [1.165, 1.54) is 36.3 Å². The lowest BCUT2D eigenvalue weighted by atomic mass is 10.0. The summed E-state index contributed by atoms with van der Waals surface area (Å²) in [7, 11) is 1.27. The maximum atomic E-state index is 14.3. The molecule has 0 aliphatic carbocycles. The van der Waals surface area contributed by atoms with E-state index >= 15 is 0 Å². The van der Waals surface area contributed by atoms with Crippen LogP contribution in [0.3, 0.4) is 0 Å². The number of nitrogens with one attached hydrogen (secondary N) is 1. The molecule has 1 aliphatic heterocycles. The van der Waals surface area contributed by atoms with Gasteiger partial charge in [0.2, 0.25) is 5.95 Å². The highest BCUT2D eigenvalue weighted by Gasteiger charge is 2.30. The number of halogens is 4. The summed E-state index contributed by atoms with van der Waals surface area (Å²) in [4.78, 5) is 36.9. The first-order valence-corrected chi connectivity index (χ1v) is 10.7. The predicted octanol–water partition coefficient (Wildman–Crippen LogP) is 3.58. The number of benzene rings is 2. The van der Waals surface area contributed by atoms with Gasteiger partial charge in [-0.25, -0.2) is 9.37 Å². The van der Waals surface area contributed by atoms with E-state index in [9.17, 15) is 27.2 Å². The normalized spacial score (nSPS) is 13.4. The summed E-state index contributed by atoms with van der Waals surface area (Å²) >= 11 is 0. The Hall–Kier alpha value is -3.89. The van der Waals surface area contributed by atoms with Crippen molar-refractivity contribution in [2.75, 3.05) is 19.0 Å². The van der Waals surface area contributed by atoms with Crippen LogP contribution in [0.15, 0.2) is 47.3 Å². The second-order valence-electron chi connectivity index (χ2n) is 8.15. The number of nitrogens with zero attached hydrogens (tertiary/aromatic N) is 3. The Balaban J connectivity index is 1.54. The largest absolute Gasteiger partial charge is 0.416 e. The summed E-state index contributed by atoms with van der Waals surface area (Å²) in [6.07, 6.45) is -4.16. The van der Waals surface area contributed by atoms with Gasteiger partial charge in [0.1, 0.15) is 12.9 Å². The fourth-order valence-electron chi connectivity index (χ4n) is 3.87. The molecule has 0 bridgehead atoms. The molecular weight excluding hydrogens is 468 g/mol. The van der Waals surface area contributed by atoms with E-state index in [1.807, 2.05) is 0 Å². The third kappa shape index (κ3) is 4.98. The summed E-state index contributed by atoms with van der Waals surface area (Å²) in [6.45, 7) is 2.00. The standard InChI is InChI=1S/C24H22F4N4O3/c1-14-3-8-17(19(25)11-14)21(33)31-10-9-20-18(13-31)22(34)32(35-2)23(30-20)29-12-15-4-6-16(7-5-15)24(26,27)28/h3-8,11H,9-10,12-13H2,1-2H3,(H,29,30). The Morgan fingerprint density at radius 3 is 2.51 bits per heavy atom. The van der Waals surface area contributed by atoms with E-state index in [4.69, 9.17) is 4.84 Å². The van der Waals surface area contributed by atoms with Gasteiger partial charge in [-0.05, 0) is 42.3 Å². The number of aromatic nitrogens is 2. The minimum Gasteiger partial charge on any atom is -0.411 e. The topological polar surface area (TPSA) is 76.5 Å². The van der Waals surface area contributed by atoms with Crippen molar-refractivity contribution in [2.24, 2.45) is 0 Å². The van der Waals surface area contributed by atoms with Crippen LogP contribution in [0.4, 0.5) is 23.5 Å². The molecule has 7 nitrogen and oxygen atoms in total. The van der Waals surface area contributed by atoms with E-state index in [0.29, 0.717) is 16.8 Å². The van der Waals surface area contributed by atoms with Crippen LogP contribution in [0, 0.1) is 12.7 Å². The molecule has 0 radical (unpaired) electrons. The average molecular weight is 490 g/mol. The van der Waals surface area contributed by atoms with E-state index in [1.54, 1.807) is 13.0 Å². The molecule has 0 fully saturated rings. The molecule has 0 atom stereocenters. The highest BCUT2D eigenvalue weighted by atomic mass is 19.4. The van der Waals surface area contributed by atoms with Crippen LogP contribution < -0.4 is 15.7 Å². The van der Waals surface area contributed by atoms with Crippen LogP contribution in [-0.4, -0.2) is 34.2 Å². The van der Waals surface area contributed by atoms with Gasteiger partial charge in [-0.3, -0.25) is 9.59 Å². The smallest absolute Gasteiger partial charge is 0.411 e. The molecule has 1 aromatic heterocycles. The number of carbonyl (C=O) groups excluding carboxylic acids is 1. The molecule has 0 spiro atoms. The molecule has 2 heterocycles. The van der Waals surface area contributed by atoms with Crippen LogP contribution >= 0.6 is 0 Å². The fraction of sp³-hybridized carbons (Fsp3) is 0.292. The van der Waals surface area contributed by atoms with Gasteiger partial charge in [0, 0.05) is 19.5 Å². The summed E-state index contributed by atoms with van der Waals surface area (Å²) in [5.74, 6) is -1.07. The Morgan fingerprint density at radius 2 is 1.89 bits per heavy atom. The van der Waals surface area contributed by atoms with Crippen molar-refractivity contribution in [3.05, 3.63) is 92.1 Å². The van der Waals surface area contributed by atoms with Crippen LogP contribution in [0.25, 0.3) is 0 Å². The molecule has 1 N–H and O–H groups in total. The van der Waals surface area contributed by atoms with E-state index in [2.05, 4.69) is 10.3 Å². The molecule has 35 heavy (non-hydrogen) atoms. The second kappa shape index (κ2) is 9.40. The zero-order valence-corrected chi connectivity index (χ0v) is 18.9. The molecule has 4 rings (SSSR count). The Labute approximate surface area is 197 Å². The first-order chi connectivity index (χ1) is 16.6. The van der Waals surface area contributed by atoms with Gasteiger partial charge in [-0.1, -0.05) is 18.2 Å². The molecule has 0 unspecified atom stereocenters. The van der Waals surface area contributed by atoms with Crippen LogP contribution in [0.1, 0.15) is 38.3 Å². The molecule has 11 heteroatoms. The van der Waals surface area contributed by atoms with Gasteiger partial charge in [0.05, 0.1) is 28.9 Å². The number of rotatable bonds is 5. The predicted molar refractivity (Wildman–Crippen MR) is 119 cm³/mol. The fourth-order valence-corrected chi connectivity index (χ4v) is 3.87. The first kappa shape index (κ1) is 24.2. The Kier molecular flexibility index (Phi) is 6.51. The quantitative estimate of drug-likeness (QED) is 0.554. The van der Waals surface area contributed by atoms with Crippen molar-refractivity contribution in [2.45, 2.75) is 32.6 Å². The maximum Gasteiger partial charge on any atom is 0.416 e. The van der Waals surface area contributed by atoms with E-state index in [-0.39, 0.29) is 43.1 Å². The molecule has 1 amide bonds. The number of carbonyl (C=O) groups is 1. The van der Waals surface area contributed by atoms with Crippen molar-refractivity contribution < 1.29 is 27.2 Å². The summed E-state index contributed by atoms with van der Waals surface area (Å²) < 4.78 is 53.5. The van der Waals surface area contributed by atoms with Crippen LogP contribution in [0.5, 0.6) is 0 Å². The van der Waals surface area contributed by atoms with Crippen molar-refractivity contribution in [3.8, 4) is 0 Å². The molecule has 0 saturated carbocycles. The number of aryl methyl sites for hydroxylation is 1. The number of hydrogen-bond donors (Lipinski definition) is 1. The summed E-state index contributed by atoms with van der Waals surface area (Å²) in [5, 5.41) is 2.92. The lowest BCUT2D eigenvalue weighted by Gasteiger charge is -2.29.